The predicted molar refractivity (Wildman–Crippen MR) is 181 cm³/mol. The highest BCUT2D eigenvalue weighted by Gasteiger charge is 2.46. The van der Waals surface area contributed by atoms with E-state index in [0.717, 1.165) is 32.3 Å². The first-order valence-corrected chi connectivity index (χ1v) is 28.7. The lowest BCUT2D eigenvalue weighted by Gasteiger charge is -2.31. The Labute approximate surface area is 259 Å². The minimum absolute atomic E-state index is 0.623. The van der Waals surface area contributed by atoms with Crippen molar-refractivity contribution >= 4 is 111 Å². The highest BCUT2D eigenvalue weighted by molar-refractivity contribution is 7.45. The summed E-state index contributed by atoms with van der Waals surface area (Å²) in [7, 11) is -4.01. The van der Waals surface area contributed by atoms with E-state index in [9.17, 15) is 0 Å². The quantitative estimate of drug-likeness (QED) is 0.101. The van der Waals surface area contributed by atoms with Crippen LogP contribution in [-0.2, 0) is 19.3 Å². The van der Waals surface area contributed by atoms with Crippen molar-refractivity contribution in [2.45, 2.75) is 57.0 Å². The number of hydrogen-bond donors (Lipinski definition) is 0. The monoisotopic (exact) mass is 698 g/mol. The normalized spacial score (nSPS) is 13.1. The highest BCUT2D eigenvalue weighted by Crippen LogP contribution is 2.27. The third-order valence-corrected chi connectivity index (χ3v) is 17.1. The van der Waals surface area contributed by atoms with Gasteiger partial charge in [-0.25, -0.2) is 0 Å². The smallest absolute Gasteiger partial charge is 0.296 e. The van der Waals surface area contributed by atoms with E-state index in [1.165, 1.54) is 0 Å². The summed E-state index contributed by atoms with van der Waals surface area (Å²) in [6.45, 7) is -1.43. The molecule has 3 rings (SSSR count). The Hall–Kier alpha value is 0.198. The lowest BCUT2D eigenvalue weighted by Crippen LogP contribution is -2.66. The van der Waals surface area contributed by atoms with Crippen molar-refractivity contribution in [2.75, 3.05) is 0 Å². The zero-order chi connectivity index (χ0) is 28.2. The van der Waals surface area contributed by atoms with Crippen LogP contribution in [0.15, 0.2) is 72.8 Å². The van der Waals surface area contributed by atoms with Gasteiger partial charge in [0.25, 0.3) is 0 Å². The summed E-state index contributed by atoms with van der Waals surface area (Å²) in [5.41, 5.74) is 2.86. The van der Waals surface area contributed by atoms with E-state index in [4.69, 9.17) is 66.5 Å². The molecule has 3 aromatic rings. The van der Waals surface area contributed by atoms with Gasteiger partial charge in [0.15, 0.2) is 0 Å². The van der Waals surface area contributed by atoms with Crippen molar-refractivity contribution in [3.8, 4) is 0 Å². The topological polar surface area (TPSA) is 0 Å². The zero-order valence-electron chi connectivity index (χ0n) is 21.8. The Kier molecular flexibility index (Phi) is 11.6. The molecule has 0 bridgehead atoms. The molecule has 0 aromatic heterocycles. The molecule has 38 heavy (non-hydrogen) atoms. The van der Waals surface area contributed by atoms with Gasteiger partial charge in [0, 0.05) is 0 Å². The Bertz CT molecular complexity index is 1070. The van der Waals surface area contributed by atoms with Gasteiger partial charge in [0.2, 0.25) is 20.1 Å². The molecule has 0 nitrogen and oxygen atoms in total. The number of aryl methyl sites for hydroxylation is 3. The molecular weight excluding hydrogens is 668 g/mol. The lowest BCUT2D eigenvalue weighted by atomic mass is 10.1. The minimum Gasteiger partial charge on any atom is -0.296 e. The molecule has 0 fully saturated rings. The van der Waals surface area contributed by atoms with Gasteiger partial charge in [-0.1, -0.05) is 72.8 Å². The fraction of sp³-hybridized carbons (Fsp3) is 0.333. The van der Waals surface area contributed by atoms with Crippen LogP contribution in [0.4, 0.5) is 4.11 Å². The van der Waals surface area contributed by atoms with E-state index in [-0.39, 0.29) is 0 Å². The van der Waals surface area contributed by atoms with Gasteiger partial charge in [-0.05, 0) is 89.3 Å². The van der Waals surface area contributed by atoms with E-state index in [2.05, 4.69) is 0 Å². The Morgan fingerprint density at radius 1 is 0.474 bits per heavy atom. The molecule has 0 saturated heterocycles. The molecule has 0 unspecified atom stereocenters. The van der Waals surface area contributed by atoms with Gasteiger partial charge in [-0.2, -0.15) is 0 Å². The Balaban J connectivity index is 2.27. The van der Waals surface area contributed by atoms with Crippen molar-refractivity contribution in [1.82, 2.24) is 0 Å². The van der Waals surface area contributed by atoms with Gasteiger partial charge in [-0.15, -0.1) is 66.5 Å². The van der Waals surface area contributed by atoms with Crippen LogP contribution < -0.4 is 15.6 Å². The van der Waals surface area contributed by atoms with Crippen LogP contribution in [0.5, 0.6) is 0 Å². The third kappa shape index (κ3) is 9.37. The van der Waals surface area contributed by atoms with E-state index in [1.807, 2.05) is 92.4 Å². The van der Waals surface area contributed by atoms with Crippen LogP contribution in [0.3, 0.4) is 0 Å². The summed E-state index contributed by atoms with van der Waals surface area (Å²) in [6.07, 6.45) is 1.87. The van der Waals surface area contributed by atoms with Gasteiger partial charge in [0.1, 0.15) is 0 Å². The molecule has 0 radical (unpaired) electrons. The number of hydrogen-bond acceptors (Lipinski definition) is 0. The molecule has 0 saturated carbocycles. The maximum atomic E-state index is 18.6. The minimum atomic E-state index is -4.01. The molecule has 3 aromatic carbocycles. The summed E-state index contributed by atoms with van der Waals surface area (Å²) in [4.78, 5) is 0. The van der Waals surface area contributed by atoms with Crippen LogP contribution in [0.1, 0.15) is 16.7 Å². The van der Waals surface area contributed by atoms with Crippen LogP contribution in [0, 0.1) is 0 Å². The van der Waals surface area contributed by atoms with Crippen LogP contribution >= 0.6 is 66.5 Å². The van der Waals surface area contributed by atoms with Gasteiger partial charge >= 0.3 is 8.41 Å². The fourth-order valence-electron chi connectivity index (χ4n) is 4.72. The molecular formula is C27H33Cl6FSi4. The van der Waals surface area contributed by atoms with Gasteiger partial charge < -0.3 is 0 Å². The molecule has 0 spiro atoms. The van der Waals surface area contributed by atoms with E-state index >= 15 is 4.11 Å². The average Bonchev–Trinajstić information content (AvgIpc) is 2.84. The standard InChI is InChI=1S/C27H33Cl6FSi4/c1-35(28,29)19-16-22-10-4-7-13-25(22)38(34,26-14-8-5-11-23(26)17-20-36(2,30)31)27-15-9-6-12-24(27)18-21-37(3,32)33/h4-15H,16-21H2,1-3H3. The number of halogens is 7. The summed E-state index contributed by atoms with van der Waals surface area (Å²) in [6, 6.07) is 25.5. The fourth-order valence-corrected chi connectivity index (χ4v) is 12.3. The second-order valence-corrected chi connectivity index (χ2v) is 38.0. The molecule has 0 atom stereocenters. The van der Waals surface area contributed by atoms with Crippen molar-refractivity contribution < 1.29 is 4.11 Å². The second kappa shape index (κ2) is 13.4. The Morgan fingerprint density at radius 3 is 0.947 bits per heavy atom. The van der Waals surface area contributed by atoms with Crippen molar-refractivity contribution in [2.24, 2.45) is 0 Å². The summed E-state index contributed by atoms with van der Waals surface area (Å²) in [5.74, 6) is 0. The summed E-state index contributed by atoms with van der Waals surface area (Å²) >= 11 is 38.9. The van der Waals surface area contributed by atoms with Crippen LogP contribution in [-0.4, -0.2) is 28.5 Å². The van der Waals surface area contributed by atoms with E-state index < -0.39 is 28.5 Å². The average molecular weight is 702 g/mol. The molecule has 0 aliphatic rings. The summed E-state index contributed by atoms with van der Waals surface area (Å²) < 4.78 is 18.6. The number of benzene rings is 3. The Morgan fingerprint density at radius 2 is 0.711 bits per heavy atom. The van der Waals surface area contributed by atoms with Gasteiger partial charge in [-0.3, -0.25) is 4.11 Å². The van der Waals surface area contributed by atoms with E-state index in [1.54, 1.807) is 0 Å². The summed E-state index contributed by atoms with van der Waals surface area (Å²) in [5, 5.41) is 2.21. The molecule has 0 heterocycles. The van der Waals surface area contributed by atoms with Crippen molar-refractivity contribution in [1.29, 1.82) is 0 Å². The van der Waals surface area contributed by atoms with Crippen LogP contribution in [0.25, 0.3) is 0 Å². The van der Waals surface area contributed by atoms with Crippen molar-refractivity contribution in [3.05, 3.63) is 89.5 Å². The maximum Gasteiger partial charge on any atom is 0.340 e. The molecule has 206 valence electrons. The molecule has 0 aliphatic carbocycles. The molecule has 0 N–H and O–H groups in total. The maximum absolute atomic E-state index is 18.6. The molecule has 0 aliphatic heterocycles. The first kappa shape index (κ1) is 32.7. The predicted octanol–water partition coefficient (Wildman–Crippen LogP) is 8.90. The first-order valence-electron chi connectivity index (χ1n) is 12.7. The SMILES string of the molecule is C[Si](Cl)(Cl)CCc1ccccc1[Si](F)(c1ccccc1CC[Si](C)(Cl)Cl)c1ccccc1CC[Si](C)(Cl)Cl. The van der Waals surface area contributed by atoms with Gasteiger partial charge in [0.05, 0.1) is 0 Å². The number of rotatable bonds is 12. The van der Waals surface area contributed by atoms with Crippen LogP contribution in [0.2, 0.25) is 37.8 Å². The third-order valence-electron chi connectivity index (χ3n) is 6.67. The van der Waals surface area contributed by atoms with E-state index in [0.29, 0.717) is 37.4 Å². The first-order chi connectivity index (χ1) is 17.6. The second-order valence-electron chi connectivity index (χ2n) is 10.3. The largest absolute Gasteiger partial charge is 0.340 e. The zero-order valence-corrected chi connectivity index (χ0v) is 30.4. The molecule has 11 heteroatoms. The highest BCUT2D eigenvalue weighted by atomic mass is 35.7. The lowest BCUT2D eigenvalue weighted by molar-refractivity contribution is 0.836. The molecule has 0 amide bonds. The van der Waals surface area contributed by atoms with Crippen molar-refractivity contribution in [3.63, 3.8) is 0 Å².